The Morgan fingerprint density at radius 1 is 1.26 bits per heavy atom. The second kappa shape index (κ2) is 6.90. The molecule has 0 amide bonds. The molecule has 1 atom stereocenters. The molecule has 0 fully saturated rings. The molecule has 1 rings (SSSR count). The second-order valence-electron chi connectivity index (χ2n) is 4.67. The Labute approximate surface area is 124 Å². The van der Waals surface area contributed by atoms with Crippen LogP contribution in [-0.2, 0) is 10.0 Å². The average molecular weight is 325 g/mol. The van der Waals surface area contributed by atoms with Crippen molar-refractivity contribution < 1.29 is 8.42 Å². The molecule has 0 saturated carbocycles. The normalized spacial score (nSPS) is 13.8. The van der Waals surface area contributed by atoms with Crippen LogP contribution in [-0.4, -0.2) is 40.0 Å². The maximum atomic E-state index is 12.2. The van der Waals surface area contributed by atoms with E-state index in [1.165, 1.54) is 12.1 Å². The summed E-state index contributed by atoms with van der Waals surface area (Å²) >= 11 is 11.8. The molecule has 0 spiro atoms. The predicted octanol–water partition coefficient (Wildman–Crippen LogP) is 2.61. The standard InChI is InChI=1S/C12H18Cl2N2O2S/c1-9(7-8-16(2)3)15-19(17,18)12-10(13)5-4-6-11(12)14/h4-6,9,15H,7-8H2,1-3H3. The van der Waals surface area contributed by atoms with Crippen molar-refractivity contribution in [3.8, 4) is 0 Å². The summed E-state index contributed by atoms with van der Waals surface area (Å²) in [6.45, 7) is 2.60. The summed E-state index contributed by atoms with van der Waals surface area (Å²) < 4.78 is 27.1. The van der Waals surface area contributed by atoms with E-state index >= 15 is 0 Å². The van der Waals surface area contributed by atoms with Gasteiger partial charge < -0.3 is 4.90 Å². The highest BCUT2D eigenvalue weighted by Gasteiger charge is 2.23. The van der Waals surface area contributed by atoms with Crippen LogP contribution in [0.3, 0.4) is 0 Å². The molecular formula is C12H18Cl2N2O2S. The zero-order valence-electron chi connectivity index (χ0n) is 11.2. The van der Waals surface area contributed by atoms with Gasteiger partial charge in [0, 0.05) is 6.04 Å². The largest absolute Gasteiger partial charge is 0.309 e. The molecule has 0 aromatic heterocycles. The highest BCUT2D eigenvalue weighted by molar-refractivity contribution is 7.89. The summed E-state index contributed by atoms with van der Waals surface area (Å²) in [5, 5.41) is 0.250. The summed E-state index contributed by atoms with van der Waals surface area (Å²) in [6.07, 6.45) is 0.703. The van der Waals surface area contributed by atoms with E-state index in [0.717, 1.165) is 6.54 Å². The first kappa shape index (κ1) is 16.7. The number of nitrogens with one attached hydrogen (secondary N) is 1. The van der Waals surface area contributed by atoms with E-state index < -0.39 is 10.0 Å². The van der Waals surface area contributed by atoms with Gasteiger partial charge in [0.25, 0.3) is 0 Å². The maximum absolute atomic E-state index is 12.2. The van der Waals surface area contributed by atoms with Crippen molar-refractivity contribution in [1.29, 1.82) is 0 Å². The van der Waals surface area contributed by atoms with Crippen molar-refractivity contribution in [2.45, 2.75) is 24.3 Å². The first-order chi connectivity index (χ1) is 8.74. The number of sulfonamides is 1. The van der Waals surface area contributed by atoms with Gasteiger partial charge in [-0.3, -0.25) is 0 Å². The third kappa shape index (κ3) is 4.93. The van der Waals surface area contributed by atoms with Gasteiger partial charge in [-0.05, 0) is 46.1 Å². The summed E-state index contributed by atoms with van der Waals surface area (Å²) in [7, 11) is 0.172. The number of rotatable bonds is 6. The van der Waals surface area contributed by atoms with E-state index in [2.05, 4.69) is 4.72 Å². The fourth-order valence-electron chi connectivity index (χ4n) is 1.57. The summed E-state index contributed by atoms with van der Waals surface area (Å²) in [5.41, 5.74) is 0. The lowest BCUT2D eigenvalue weighted by Gasteiger charge is -2.17. The smallest absolute Gasteiger partial charge is 0.243 e. The van der Waals surface area contributed by atoms with Crippen LogP contribution in [0, 0.1) is 0 Å². The number of benzene rings is 1. The van der Waals surface area contributed by atoms with Gasteiger partial charge in [0.2, 0.25) is 10.0 Å². The Kier molecular flexibility index (Phi) is 6.08. The van der Waals surface area contributed by atoms with E-state index in [-0.39, 0.29) is 21.0 Å². The Bertz CT molecular complexity index is 512. The molecule has 0 aliphatic rings. The molecule has 0 bridgehead atoms. The van der Waals surface area contributed by atoms with Gasteiger partial charge in [0.1, 0.15) is 4.90 Å². The summed E-state index contributed by atoms with van der Waals surface area (Å²) in [5.74, 6) is 0. The highest BCUT2D eigenvalue weighted by Crippen LogP contribution is 2.28. The zero-order chi connectivity index (χ0) is 14.6. The molecule has 7 heteroatoms. The quantitative estimate of drug-likeness (QED) is 0.875. The van der Waals surface area contributed by atoms with Crippen molar-refractivity contribution in [1.82, 2.24) is 9.62 Å². The van der Waals surface area contributed by atoms with Crippen LogP contribution >= 0.6 is 23.2 Å². The molecule has 0 heterocycles. The van der Waals surface area contributed by atoms with E-state index in [9.17, 15) is 8.42 Å². The van der Waals surface area contributed by atoms with Crippen LogP contribution in [0.15, 0.2) is 23.1 Å². The molecule has 0 saturated heterocycles. The Morgan fingerprint density at radius 3 is 2.26 bits per heavy atom. The van der Waals surface area contributed by atoms with Crippen molar-refractivity contribution in [3.63, 3.8) is 0 Å². The molecule has 0 aliphatic heterocycles. The van der Waals surface area contributed by atoms with Crippen LogP contribution in [0.1, 0.15) is 13.3 Å². The van der Waals surface area contributed by atoms with Crippen LogP contribution in [0.4, 0.5) is 0 Å². The van der Waals surface area contributed by atoms with Crippen molar-refractivity contribution in [2.75, 3.05) is 20.6 Å². The topological polar surface area (TPSA) is 49.4 Å². The number of hydrogen-bond donors (Lipinski definition) is 1. The van der Waals surface area contributed by atoms with Gasteiger partial charge in [-0.25, -0.2) is 13.1 Å². The number of halogens is 2. The SMILES string of the molecule is CC(CCN(C)C)NS(=O)(=O)c1c(Cl)cccc1Cl. The van der Waals surface area contributed by atoms with Gasteiger partial charge in [-0.2, -0.15) is 0 Å². The average Bonchev–Trinajstić information content (AvgIpc) is 2.25. The van der Waals surface area contributed by atoms with Gasteiger partial charge in [0.15, 0.2) is 0 Å². The number of nitrogens with zero attached hydrogens (tertiary/aromatic N) is 1. The lowest BCUT2D eigenvalue weighted by atomic mass is 10.2. The third-order valence-corrected chi connectivity index (χ3v) is 5.10. The van der Waals surface area contributed by atoms with Crippen molar-refractivity contribution >= 4 is 33.2 Å². The molecule has 1 aromatic rings. The van der Waals surface area contributed by atoms with E-state index in [1.54, 1.807) is 6.07 Å². The first-order valence-corrected chi connectivity index (χ1v) is 8.09. The van der Waals surface area contributed by atoms with Crippen molar-refractivity contribution in [3.05, 3.63) is 28.2 Å². The molecule has 1 N–H and O–H groups in total. The van der Waals surface area contributed by atoms with Crippen LogP contribution in [0.2, 0.25) is 10.0 Å². The van der Waals surface area contributed by atoms with Gasteiger partial charge in [-0.1, -0.05) is 29.3 Å². The molecule has 0 aliphatic carbocycles. The van der Waals surface area contributed by atoms with Crippen LogP contribution in [0.25, 0.3) is 0 Å². The van der Waals surface area contributed by atoms with E-state index in [0.29, 0.717) is 6.42 Å². The zero-order valence-corrected chi connectivity index (χ0v) is 13.5. The van der Waals surface area contributed by atoms with Gasteiger partial charge in [-0.15, -0.1) is 0 Å². The Balaban J connectivity index is 2.87. The predicted molar refractivity (Wildman–Crippen MR) is 79.4 cm³/mol. The lowest BCUT2D eigenvalue weighted by molar-refractivity contribution is 0.379. The van der Waals surface area contributed by atoms with Gasteiger partial charge in [0.05, 0.1) is 10.0 Å². The first-order valence-electron chi connectivity index (χ1n) is 5.85. The van der Waals surface area contributed by atoms with E-state index in [1.807, 2.05) is 25.9 Å². The summed E-state index contributed by atoms with van der Waals surface area (Å²) in [6, 6.07) is 4.43. The highest BCUT2D eigenvalue weighted by atomic mass is 35.5. The molecule has 19 heavy (non-hydrogen) atoms. The molecule has 1 unspecified atom stereocenters. The molecule has 1 aromatic carbocycles. The lowest BCUT2D eigenvalue weighted by Crippen LogP contribution is -2.35. The molecule has 108 valence electrons. The molecule has 0 radical (unpaired) electrons. The van der Waals surface area contributed by atoms with Crippen molar-refractivity contribution in [2.24, 2.45) is 0 Å². The fourth-order valence-corrected chi connectivity index (χ4v) is 4.00. The minimum absolute atomic E-state index is 0.0602. The third-order valence-electron chi connectivity index (χ3n) is 2.55. The van der Waals surface area contributed by atoms with Crippen LogP contribution in [0.5, 0.6) is 0 Å². The minimum atomic E-state index is -3.70. The minimum Gasteiger partial charge on any atom is -0.309 e. The Morgan fingerprint density at radius 2 is 1.79 bits per heavy atom. The maximum Gasteiger partial charge on any atom is 0.243 e. The van der Waals surface area contributed by atoms with Gasteiger partial charge >= 0.3 is 0 Å². The summed E-state index contributed by atoms with van der Waals surface area (Å²) in [4.78, 5) is 1.93. The Hall–Kier alpha value is -0.330. The van der Waals surface area contributed by atoms with Crippen LogP contribution < -0.4 is 4.72 Å². The second-order valence-corrected chi connectivity index (χ2v) is 7.13. The number of hydrogen-bond acceptors (Lipinski definition) is 3. The molecule has 4 nitrogen and oxygen atoms in total. The monoisotopic (exact) mass is 324 g/mol. The molecular weight excluding hydrogens is 307 g/mol. The fraction of sp³-hybridized carbons (Fsp3) is 0.500. The van der Waals surface area contributed by atoms with E-state index in [4.69, 9.17) is 23.2 Å².